The average molecular weight is 318 g/mol. The Hall–Kier alpha value is -3.07. The molecule has 0 aromatic heterocycles. The molecule has 0 spiro atoms. The Kier molecular flexibility index (Phi) is 4.62. The van der Waals surface area contributed by atoms with Crippen molar-refractivity contribution in [2.75, 3.05) is 0 Å². The van der Waals surface area contributed by atoms with E-state index in [1.54, 1.807) is 12.1 Å². The number of rotatable bonds is 3. The zero-order chi connectivity index (χ0) is 16.9. The molecule has 0 saturated heterocycles. The molecule has 120 valence electrons. The fourth-order valence-electron chi connectivity index (χ4n) is 2.45. The van der Waals surface area contributed by atoms with Gasteiger partial charge in [0.05, 0.1) is 0 Å². The van der Waals surface area contributed by atoms with Crippen molar-refractivity contribution in [2.45, 2.75) is 13.8 Å². The summed E-state index contributed by atoms with van der Waals surface area (Å²) >= 11 is 0. The number of carbonyl (C=O) groups excluding carboxylic acids is 1. The molecule has 0 unspecified atom stereocenters. The smallest absolute Gasteiger partial charge is 0.394 e. The van der Waals surface area contributed by atoms with Gasteiger partial charge in [0.2, 0.25) is 0 Å². The van der Waals surface area contributed by atoms with Gasteiger partial charge in [-0.15, -0.1) is 0 Å². The molecule has 0 amide bonds. The van der Waals surface area contributed by atoms with Crippen LogP contribution in [-0.2, 0) is 0 Å². The topological polar surface area (TPSA) is 35.5 Å². The molecule has 0 atom stereocenters. The maximum absolute atomic E-state index is 12.2. The lowest BCUT2D eigenvalue weighted by Crippen LogP contribution is -2.15. The molecule has 3 nitrogen and oxygen atoms in total. The summed E-state index contributed by atoms with van der Waals surface area (Å²) in [6.07, 6.45) is -0.743. The lowest BCUT2D eigenvalue weighted by atomic mass is 10.1. The van der Waals surface area contributed by atoms with Crippen LogP contribution in [0.25, 0.3) is 11.1 Å². The highest BCUT2D eigenvalue weighted by Crippen LogP contribution is 2.30. The second-order valence-corrected chi connectivity index (χ2v) is 5.51. The number of carbonyl (C=O) groups is 1. The van der Waals surface area contributed by atoms with Crippen LogP contribution in [0, 0.1) is 13.8 Å². The molecule has 0 aliphatic rings. The molecule has 0 fully saturated rings. The zero-order valence-electron chi connectivity index (χ0n) is 13.7. The standard InChI is InChI=1S/C21H18O3/c1-15-9-8-14-19(16(15)2)23-21(22)24-20-13-7-6-12-18(20)17-10-4-3-5-11-17/h3-14H,1-2H3. The van der Waals surface area contributed by atoms with E-state index in [4.69, 9.17) is 9.47 Å². The molecule has 3 aromatic rings. The monoisotopic (exact) mass is 318 g/mol. The van der Waals surface area contributed by atoms with E-state index in [2.05, 4.69) is 0 Å². The van der Waals surface area contributed by atoms with Gasteiger partial charge in [0.25, 0.3) is 0 Å². The highest BCUT2D eigenvalue weighted by Gasteiger charge is 2.14. The van der Waals surface area contributed by atoms with Gasteiger partial charge in [0.1, 0.15) is 11.5 Å². The Morgan fingerprint density at radius 1 is 0.708 bits per heavy atom. The molecule has 0 heterocycles. The SMILES string of the molecule is Cc1cccc(OC(=O)Oc2ccccc2-c2ccccc2)c1C. The van der Waals surface area contributed by atoms with Crippen molar-refractivity contribution < 1.29 is 14.3 Å². The lowest BCUT2D eigenvalue weighted by molar-refractivity contribution is 0.151. The Bertz CT molecular complexity index is 854. The van der Waals surface area contributed by atoms with Gasteiger partial charge >= 0.3 is 6.16 Å². The second kappa shape index (κ2) is 7.01. The molecule has 0 radical (unpaired) electrons. The van der Waals surface area contributed by atoms with Gasteiger partial charge < -0.3 is 9.47 Å². The number of hydrogen-bond acceptors (Lipinski definition) is 3. The Balaban J connectivity index is 1.82. The van der Waals surface area contributed by atoms with Crippen molar-refractivity contribution in [3.8, 4) is 22.6 Å². The van der Waals surface area contributed by atoms with Crippen LogP contribution in [0.2, 0.25) is 0 Å². The summed E-state index contributed by atoms with van der Waals surface area (Å²) in [6.45, 7) is 3.88. The molecule has 0 N–H and O–H groups in total. The van der Waals surface area contributed by atoms with E-state index in [1.165, 1.54) is 0 Å². The van der Waals surface area contributed by atoms with Gasteiger partial charge in [-0.25, -0.2) is 4.79 Å². The fraction of sp³-hybridized carbons (Fsp3) is 0.0952. The first-order valence-electron chi connectivity index (χ1n) is 7.75. The fourth-order valence-corrected chi connectivity index (χ4v) is 2.45. The highest BCUT2D eigenvalue weighted by atomic mass is 16.7. The third-order valence-electron chi connectivity index (χ3n) is 3.91. The predicted molar refractivity (Wildman–Crippen MR) is 94.4 cm³/mol. The van der Waals surface area contributed by atoms with Crippen molar-refractivity contribution in [1.29, 1.82) is 0 Å². The van der Waals surface area contributed by atoms with Gasteiger partial charge in [-0.2, -0.15) is 0 Å². The Labute approximate surface area is 141 Å². The second-order valence-electron chi connectivity index (χ2n) is 5.51. The molecule has 3 heteroatoms. The lowest BCUT2D eigenvalue weighted by Gasteiger charge is -2.12. The van der Waals surface area contributed by atoms with Crippen molar-refractivity contribution in [2.24, 2.45) is 0 Å². The number of ether oxygens (including phenoxy) is 2. The van der Waals surface area contributed by atoms with E-state index in [0.717, 1.165) is 22.3 Å². The normalized spacial score (nSPS) is 10.2. The van der Waals surface area contributed by atoms with E-state index >= 15 is 0 Å². The molecular formula is C21H18O3. The van der Waals surface area contributed by atoms with E-state index in [9.17, 15) is 4.79 Å². The van der Waals surface area contributed by atoms with Crippen LogP contribution in [0.15, 0.2) is 72.8 Å². The van der Waals surface area contributed by atoms with E-state index in [1.807, 2.05) is 74.5 Å². The van der Waals surface area contributed by atoms with Crippen molar-refractivity contribution in [3.05, 3.63) is 83.9 Å². The van der Waals surface area contributed by atoms with Gasteiger partial charge in [0.15, 0.2) is 0 Å². The maximum Gasteiger partial charge on any atom is 0.519 e. The summed E-state index contributed by atoms with van der Waals surface area (Å²) in [4.78, 5) is 12.2. The third kappa shape index (κ3) is 3.46. The van der Waals surface area contributed by atoms with E-state index < -0.39 is 6.16 Å². The van der Waals surface area contributed by atoms with Crippen LogP contribution in [0.3, 0.4) is 0 Å². The minimum Gasteiger partial charge on any atom is -0.394 e. The van der Waals surface area contributed by atoms with Crippen molar-refractivity contribution >= 4 is 6.16 Å². The first kappa shape index (κ1) is 15.8. The number of para-hydroxylation sites is 1. The van der Waals surface area contributed by atoms with Gasteiger partial charge in [-0.05, 0) is 42.7 Å². The Morgan fingerprint density at radius 3 is 2.12 bits per heavy atom. The molecule has 0 saturated carbocycles. The number of hydrogen-bond donors (Lipinski definition) is 0. The molecule has 3 rings (SSSR count). The van der Waals surface area contributed by atoms with Crippen LogP contribution in [-0.4, -0.2) is 6.16 Å². The number of aryl methyl sites for hydroxylation is 1. The molecule has 24 heavy (non-hydrogen) atoms. The summed E-state index contributed by atoms with van der Waals surface area (Å²) in [5.41, 5.74) is 3.81. The summed E-state index contributed by atoms with van der Waals surface area (Å²) in [5.74, 6) is 0.983. The molecule has 3 aromatic carbocycles. The number of benzene rings is 3. The van der Waals surface area contributed by atoms with Crippen LogP contribution in [0.5, 0.6) is 11.5 Å². The first-order valence-corrected chi connectivity index (χ1v) is 7.75. The van der Waals surface area contributed by atoms with Crippen molar-refractivity contribution in [1.82, 2.24) is 0 Å². The Morgan fingerprint density at radius 2 is 1.33 bits per heavy atom. The summed E-state index contributed by atoms with van der Waals surface area (Å²) in [7, 11) is 0. The van der Waals surface area contributed by atoms with Gasteiger partial charge in [0, 0.05) is 5.56 Å². The minimum atomic E-state index is -0.743. The molecular weight excluding hydrogens is 300 g/mol. The minimum absolute atomic E-state index is 0.471. The molecule has 0 aliphatic carbocycles. The van der Waals surface area contributed by atoms with E-state index in [-0.39, 0.29) is 0 Å². The molecule has 0 bridgehead atoms. The van der Waals surface area contributed by atoms with Crippen molar-refractivity contribution in [3.63, 3.8) is 0 Å². The van der Waals surface area contributed by atoms with Gasteiger partial charge in [-0.1, -0.05) is 60.7 Å². The van der Waals surface area contributed by atoms with Crippen LogP contribution in [0.1, 0.15) is 11.1 Å². The zero-order valence-corrected chi connectivity index (χ0v) is 13.7. The first-order chi connectivity index (χ1) is 11.6. The van der Waals surface area contributed by atoms with Crippen LogP contribution in [0.4, 0.5) is 4.79 Å². The highest BCUT2D eigenvalue weighted by molar-refractivity contribution is 5.75. The van der Waals surface area contributed by atoms with E-state index in [0.29, 0.717) is 11.5 Å². The summed E-state index contributed by atoms with van der Waals surface area (Å²) < 4.78 is 10.8. The molecule has 0 aliphatic heterocycles. The van der Waals surface area contributed by atoms with Gasteiger partial charge in [-0.3, -0.25) is 0 Å². The largest absolute Gasteiger partial charge is 0.519 e. The summed E-state index contributed by atoms with van der Waals surface area (Å²) in [6, 6.07) is 22.8. The average Bonchev–Trinajstić information content (AvgIpc) is 2.60. The summed E-state index contributed by atoms with van der Waals surface area (Å²) in [5, 5.41) is 0. The predicted octanol–water partition coefficient (Wildman–Crippen LogP) is 5.55. The third-order valence-corrected chi connectivity index (χ3v) is 3.91. The maximum atomic E-state index is 12.2. The quantitative estimate of drug-likeness (QED) is 0.469. The van der Waals surface area contributed by atoms with Crippen LogP contribution >= 0.6 is 0 Å². The van der Waals surface area contributed by atoms with Crippen LogP contribution < -0.4 is 9.47 Å².